The molecule has 1 amide bonds. The van der Waals surface area contributed by atoms with Crippen LogP contribution in [0.15, 0.2) is 41.4 Å². The van der Waals surface area contributed by atoms with Crippen molar-refractivity contribution in [3.63, 3.8) is 0 Å². The van der Waals surface area contributed by atoms with Crippen molar-refractivity contribution in [1.82, 2.24) is 15.5 Å². The van der Waals surface area contributed by atoms with Crippen LogP contribution >= 0.6 is 0 Å². The molecular weight excluding hydrogens is 290 g/mol. The Morgan fingerprint density at radius 3 is 2.52 bits per heavy atom. The highest BCUT2D eigenvalue weighted by Gasteiger charge is 2.11. The van der Waals surface area contributed by atoms with Crippen molar-refractivity contribution in [2.24, 2.45) is 0 Å². The number of aromatic amines is 1. The standard InChI is InChI=1S/C14H17N3O3S/c1-2-21(19,20)13-5-3-11(4-6-13)10-15-14(18)9-12-7-8-16-17-12/h3-8H,2,9-10H2,1H3,(H,15,18)(H,16,17). The first-order chi connectivity index (χ1) is 10.0. The van der Waals surface area contributed by atoms with Gasteiger partial charge in [-0.1, -0.05) is 19.1 Å². The van der Waals surface area contributed by atoms with E-state index < -0.39 is 9.84 Å². The van der Waals surface area contributed by atoms with Gasteiger partial charge in [0, 0.05) is 18.4 Å². The van der Waals surface area contributed by atoms with Gasteiger partial charge >= 0.3 is 0 Å². The largest absolute Gasteiger partial charge is 0.352 e. The zero-order valence-electron chi connectivity index (χ0n) is 11.7. The van der Waals surface area contributed by atoms with Gasteiger partial charge in [-0.25, -0.2) is 8.42 Å². The van der Waals surface area contributed by atoms with Gasteiger partial charge < -0.3 is 5.32 Å². The summed E-state index contributed by atoms with van der Waals surface area (Å²) >= 11 is 0. The lowest BCUT2D eigenvalue weighted by molar-refractivity contribution is -0.120. The molecule has 0 bridgehead atoms. The number of H-pyrrole nitrogens is 1. The van der Waals surface area contributed by atoms with E-state index in [0.29, 0.717) is 11.4 Å². The van der Waals surface area contributed by atoms with Crippen LogP contribution in [0.1, 0.15) is 18.2 Å². The first kappa shape index (κ1) is 15.2. The highest BCUT2D eigenvalue weighted by atomic mass is 32.2. The SMILES string of the molecule is CCS(=O)(=O)c1ccc(CNC(=O)Cc2ccn[nH]2)cc1. The van der Waals surface area contributed by atoms with Crippen LogP contribution < -0.4 is 5.32 Å². The lowest BCUT2D eigenvalue weighted by Gasteiger charge is -2.06. The minimum atomic E-state index is -3.18. The van der Waals surface area contributed by atoms with Crippen LogP contribution in [0.25, 0.3) is 0 Å². The number of benzene rings is 1. The Morgan fingerprint density at radius 1 is 1.24 bits per heavy atom. The van der Waals surface area contributed by atoms with Crippen LogP contribution in [-0.4, -0.2) is 30.3 Å². The van der Waals surface area contributed by atoms with E-state index in [0.717, 1.165) is 11.3 Å². The summed E-state index contributed by atoms with van der Waals surface area (Å²) in [6.45, 7) is 1.97. The van der Waals surface area contributed by atoms with Crippen LogP contribution in [0.5, 0.6) is 0 Å². The quantitative estimate of drug-likeness (QED) is 0.835. The van der Waals surface area contributed by atoms with Crippen molar-refractivity contribution < 1.29 is 13.2 Å². The van der Waals surface area contributed by atoms with Crippen molar-refractivity contribution in [1.29, 1.82) is 0 Å². The molecule has 0 saturated carbocycles. The third kappa shape index (κ3) is 4.16. The van der Waals surface area contributed by atoms with Gasteiger partial charge in [-0.3, -0.25) is 9.89 Å². The van der Waals surface area contributed by atoms with E-state index in [1.54, 1.807) is 43.5 Å². The molecule has 0 saturated heterocycles. The fourth-order valence-corrected chi connectivity index (χ4v) is 2.68. The highest BCUT2D eigenvalue weighted by molar-refractivity contribution is 7.91. The Balaban J connectivity index is 1.90. The van der Waals surface area contributed by atoms with Gasteiger partial charge in [0.15, 0.2) is 9.84 Å². The van der Waals surface area contributed by atoms with Gasteiger partial charge in [0.1, 0.15) is 0 Å². The van der Waals surface area contributed by atoms with E-state index >= 15 is 0 Å². The maximum absolute atomic E-state index is 11.7. The molecule has 2 rings (SSSR count). The highest BCUT2D eigenvalue weighted by Crippen LogP contribution is 2.12. The summed E-state index contributed by atoms with van der Waals surface area (Å²) in [6.07, 6.45) is 1.83. The monoisotopic (exact) mass is 307 g/mol. The average molecular weight is 307 g/mol. The number of rotatable bonds is 6. The van der Waals surface area contributed by atoms with Crippen LogP contribution in [0.2, 0.25) is 0 Å². The Labute approximate surface area is 123 Å². The molecule has 2 N–H and O–H groups in total. The van der Waals surface area contributed by atoms with Gasteiger partial charge in [0.05, 0.1) is 17.1 Å². The molecule has 0 fully saturated rings. The van der Waals surface area contributed by atoms with Crippen molar-refractivity contribution in [3.8, 4) is 0 Å². The van der Waals surface area contributed by atoms with Crippen molar-refractivity contribution >= 4 is 15.7 Å². The molecule has 2 aromatic rings. The van der Waals surface area contributed by atoms with E-state index in [4.69, 9.17) is 0 Å². The molecule has 112 valence electrons. The molecule has 0 aliphatic carbocycles. The molecule has 1 aromatic carbocycles. The first-order valence-electron chi connectivity index (χ1n) is 6.58. The summed E-state index contributed by atoms with van der Waals surface area (Å²) < 4.78 is 23.4. The second-order valence-corrected chi connectivity index (χ2v) is 6.86. The van der Waals surface area contributed by atoms with Gasteiger partial charge in [0.25, 0.3) is 0 Å². The second-order valence-electron chi connectivity index (χ2n) is 4.58. The fraction of sp³-hybridized carbons (Fsp3) is 0.286. The number of nitrogens with zero attached hydrogens (tertiary/aromatic N) is 1. The van der Waals surface area contributed by atoms with Crippen LogP contribution in [0.3, 0.4) is 0 Å². The number of sulfone groups is 1. The Bertz CT molecular complexity index is 692. The van der Waals surface area contributed by atoms with Gasteiger partial charge in [-0.2, -0.15) is 5.10 Å². The maximum Gasteiger partial charge on any atom is 0.226 e. The fourth-order valence-electron chi connectivity index (χ4n) is 1.80. The molecule has 0 radical (unpaired) electrons. The summed E-state index contributed by atoms with van der Waals surface area (Å²) in [6, 6.07) is 8.28. The Hall–Kier alpha value is -2.15. The van der Waals surface area contributed by atoms with E-state index in [2.05, 4.69) is 15.5 Å². The summed E-state index contributed by atoms with van der Waals surface area (Å²) in [5.74, 6) is -0.0442. The molecule has 1 aromatic heterocycles. The first-order valence-corrected chi connectivity index (χ1v) is 8.23. The van der Waals surface area contributed by atoms with Crippen LogP contribution in [-0.2, 0) is 27.6 Å². The molecule has 0 aliphatic rings. The number of amides is 1. The summed E-state index contributed by atoms with van der Waals surface area (Å²) in [5.41, 5.74) is 1.60. The number of carbonyl (C=O) groups excluding carboxylic acids is 1. The van der Waals surface area contributed by atoms with Gasteiger partial charge in [-0.05, 0) is 23.8 Å². The van der Waals surface area contributed by atoms with Crippen molar-refractivity contribution in [2.45, 2.75) is 24.8 Å². The Kier molecular flexibility index (Phi) is 4.74. The summed E-state index contributed by atoms with van der Waals surface area (Å²) in [7, 11) is -3.18. The molecule has 1 heterocycles. The number of aromatic nitrogens is 2. The molecule has 0 unspecified atom stereocenters. The normalized spacial score (nSPS) is 11.3. The molecule has 21 heavy (non-hydrogen) atoms. The molecule has 6 nitrogen and oxygen atoms in total. The lowest BCUT2D eigenvalue weighted by atomic mass is 10.2. The third-order valence-corrected chi connectivity index (χ3v) is 4.81. The minimum Gasteiger partial charge on any atom is -0.352 e. The van der Waals surface area contributed by atoms with Gasteiger partial charge in [0.2, 0.25) is 5.91 Å². The third-order valence-electron chi connectivity index (χ3n) is 3.06. The minimum absolute atomic E-state index is 0.0767. The smallest absolute Gasteiger partial charge is 0.226 e. The van der Waals surface area contributed by atoms with Crippen molar-refractivity contribution in [3.05, 3.63) is 47.8 Å². The zero-order chi connectivity index (χ0) is 15.3. The van der Waals surface area contributed by atoms with E-state index in [-0.39, 0.29) is 18.1 Å². The molecule has 7 heteroatoms. The van der Waals surface area contributed by atoms with Crippen LogP contribution in [0, 0.1) is 0 Å². The molecular formula is C14H17N3O3S. The van der Waals surface area contributed by atoms with E-state index in [1.807, 2.05) is 0 Å². The number of nitrogens with one attached hydrogen (secondary N) is 2. The molecule has 0 aliphatic heterocycles. The van der Waals surface area contributed by atoms with Crippen molar-refractivity contribution in [2.75, 3.05) is 5.75 Å². The van der Waals surface area contributed by atoms with Crippen LogP contribution in [0.4, 0.5) is 0 Å². The summed E-state index contributed by atoms with van der Waals surface area (Å²) in [5, 5.41) is 9.26. The molecule has 0 spiro atoms. The maximum atomic E-state index is 11.7. The van der Waals surface area contributed by atoms with E-state index in [1.165, 1.54) is 0 Å². The van der Waals surface area contributed by atoms with E-state index in [9.17, 15) is 13.2 Å². The van der Waals surface area contributed by atoms with Gasteiger partial charge in [-0.15, -0.1) is 0 Å². The predicted molar refractivity (Wildman–Crippen MR) is 78.3 cm³/mol. The summed E-state index contributed by atoms with van der Waals surface area (Å²) in [4.78, 5) is 12.0. The number of carbonyl (C=O) groups is 1. The predicted octanol–water partition coefficient (Wildman–Crippen LogP) is 1.06. The number of hydrogen-bond acceptors (Lipinski definition) is 4. The Morgan fingerprint density at radius 2 is 1.95 bits per heavy atom. The lowest BCUT2D eigenvalue weighted by Crippen LogP contribution is -2.24. The number of hydrogen-bond donors (Lipinski definition) is 2. The topological polar surface area (TPSA) is 91.9 Å². The molecule has 0 atom stereocenters. The second kappa shape index (κ2) is 6.53. The average Bonchev–Trinajstić information content (AvgIpc) is 2.98. The zero-order valence-corrected chi connectivity index (χ0v) is 12.5.